The molecule has 2 bridgehead atoms. The van der Waals surface area contributed by atoms with Crippen molar-refractivity contribution in [1.82, 2.24) is 10.6 Å². The summed E-state index contributed by atoms with van der Waals surface area (Å²) in [6.45, 7) is -1.01. The van der Waals surface area contributed by atoms with Crippen LogP contribution in [0, 0.1) is 11.6 Å². The number of aliphatic hydroxyl groups is 1. The van der Waals surface area contributed by atoms with E-state index in [9.17, 15) is 36.6 Å². The molecule has 3 saturated carbocycles. The quantitative estimate of drug-likeness (QED) is 0.420. The topological polar surface area (TPSA) is 96.9 Å². The fraction of sp³-hybridized carbons (Fsp3) is 0.440. The monoisotopic (exact) mass is 562 g/mol. The minimum Gasteiger partial charge on any atom is -0.484 e. The van der Waals surface area contributed by atoms with Crippen LogP contribution in [0.5, 0.6) is 11.5 Å². The molecule has 1 atom stereocenters. The number of carbonyl (C=O) groups excluding carboxylic acids is 2. The molecule has 0 unspecified atom stereocenters. The van der Waals surface area contributed by atoms with Gasteiger partial charge in [-0.3, -0.25) is 9.59 Å². The number of fused-ring (bicyclic) bond motifs is 3. The van der Waals surface area contributed by atoms with E-state index in [0.717, 1.165) is 12.1 Å². The molecule has 38 heavy (non-hydrogen) atoms. The predicted molar refractivity (Wildman–Crippen MR) is 125 cm³/mol. The van der Waals surface area contributed by atoms with Gasteiger partial charge in [-0.15, -0.1) is 0 Å². The third-order valence-electron chi connectivity index (χ3n) is 6.99. The highest BCUT2D eigenvalue weighted by atomic mass is 35.5. The van der Waals surface area contributed by atoms with Gasteiger partial charge in [-0.2, -0.15) is 13.2 Å². The van der Waals surface area contributed by atoms with Crippen LogP contribution in [0.1, 0.15) is 37.7 Å². The van der Waals surface area contributed by atoms with Gasteiger partial charge < -0.3 is 25.2 Å². The van der Waals surface area contributed by atoms with Gasteiger partial charge in [-0.05, 0) is 62.4 Å². The lowest BCUT2D eigenvalue weighted by molar-refractivity contribution is -0.140. The maximum Gasteiger partial charge on any atom is 0.419 e. The van der Waals surface area contributed by atoms with Crippen molar-refractivity contribution in [2.75, 3.05) is 13.2 Å². The Morgan fingerprint density at radius 1 is 0.921 bits per heavy atom. The lowest BCUT2D eigenvalue weighted by atomic mass is 9.60. The summed E-state index contributed by atoms with van der Waals surface area (Å²) in [6, 6.07) is 5.85. The standard InChI is InChI=1S/C25H24ClF5N2O5/c26-17-3-1-15(10-19(17)28)38-12-21(35)32-23-5-7-24(8-6-23,20(34)11-23)33-22(36)13-37-14-2-4-18(27)16(9-14)25(29,30)31/h1-4,9-10,20,34H,5-8,11-13H2,(H,32,35)(H,33,36)/t20-,23?,24?/m0/s1. The Bertz CT molecular complexity index is 1220. The molecule has 2 aromatic carbocycles. The van der Waals surface area contributed by atoms with Crippen molar-refractivity contribution in [3.05, 3.63) is 58.6 Å². The van der Waals surface area contributed by atoms with Gasteiger partial charge in [-0.25, -0.2) is 8.78 Å². The van der Waals surface area contributed by atoms with E-state index in [2.05, 4.69) is 10.6 Å². The molecule has 3 aliphatic rings. The Morgan fingerprint density at radius 2 is 1.50 bits per heavy atom. The van der Waals surface area contributed by atoms with Crippen molar-refractivity contribution in [1.29, 1.82) is 0 Å². The normalized spacial score (nSPS) is 24.6. The van der Waals surface area contributed by atoms with Crippen LogP contribution in [0.15, 0.2) is 36.4 Å². The first-order valence-corrected chi connectivity index (χ1v) is 12.1. The van der Waals surface area contributed by atoms with Gasteiger partial charge in [0, 0.05) is 11.6 Å². The highest BCUT2D eigenvalue weighted by Crippen LogP contribution is 2.47. The number of hydrogen-bond acceptors (Lipinski definition) is 5. The number of alkyl halides is 3. The zero-order chi connectivity index (χ0) is 27.7. The Balaban J connectivity index is 1.29. The number of hydrogen-bond donors (Lipinski definition) is 3. The summed E-state index contributed by atoms with van der Waals surface area (Å²) in [5, 5.41) is 16.4. The molecular weight excluding hydrogens is 539 g/mol. The van der Waals surface area contributed by atoms with E-state index >= 15 is 0 Å². The largest absolute Gasteiger partial charge is 0.484 e. The SMILES string of the molecule is O=C(COc1ccc(Cl)c(F)c1)NC12CCC(NC(=O)COc3ccc(F)c(C(F)(F)F)c3)(CC1)[C@@H](O)C2. The van der Waals surface area contributed by atoms with Gasteiger partial charge in [0.1, 0.15) is 23.1 Å². The number of benzene rings is 2. The second-order valence-corrected chi connectivity index (χ2v) is 9.95. The average Bonchev–Trinajstić information content (AvgIpc) is 2.84. The van der Waals surface area contributed by atoms with Crippen molar-refractivity contribution < 1.29 is 46.1 Å². The van der Waals surface area contributed by atoms with Crippen LogP contribution < -0.4 is 20.1 Å². The van der Waals surface area contributed by atoms with Crippen molar-refractivity contribution in [2.24, 2.45) is 0 Å². The molecule has 2 aromatic rings. The molecule has 0 radical (unpaired) electrons. The van der Waals surface area contributed by atoms with Gasteiger partial charge >= 0.3 is 6.18 Å². The highest BCUT2D eigenvalue weighted by molar-refractivity contribution is 6.30. The first kappa shape index (κ1) is 27.9. The number of aliphatic hydroxyl groups excluding tert-OH is 1. The van der Waals surface area contributed by atoms with Gasteiger partial charge in [0.05, 0.1) is 22.2 Å². The van der Waals surface area contributed by atoms with E-state index < -0.39 is 59.0 Å². The van der Waals surface area contributed by atoms with E-state index in [0.29, 0.717) is 37.8 Å². The molecular formula is C25H24ClF5N2O5. The van der Waals surface area contributed by atoms with Crippen molar-refractivity contribution in [2.45, 2.75) is 55.5 Å². The number of amides is 2. The third-order valence-corrected chi connectivity index (χ3v) is 7.29. The fourth-order valence-electron chi connectivity index (χ4n) is 4.98. The van der Waals surface area contributed by atoms with Crippen LogP contribution in [0.4, 0.5) is 22.0 Å². The summed E-state index contributed by atoms with van der Waals surface area (Å²) in [7, 11) is 0. The molecule has 3 fully saturated rings. The number of ether oxygens (including phenoxy) is 2. The molecule has 0 saturated heterocycles. The van der Waals surface area contributed by atoms with E-state index in [-0.39, 0.29) is 29.5 Å². The first-order chi connectivity index (χ1) is 17.8. The molecule has 13 heteroatoms. The fourth-order valence-corrected chi connectivity index (χ4v) is 5.10. The lowest BCUT2D eigenvalue weighted by Crippen LogP contribution is -2.70. The second kappa shape index (κ2) is 10.6. The lowest BCUT2D eigenvalue weighted by Gasteiger charge is -2.56. The van der Waals surface area contributed by atoms with Crippen LogP contribution in [0.3, 0.4) is 0 Å². The smallest absolute Gasteiger partial charge is 0.419 e. The molecule has 5 rings (SSSR count). The number of nitrogens with one attached hydrogen (secondary N) is 2. The van der Waals surface area contributed by atoms with Crippen molar-refractivity contribution in [3.8, 4) is 11.5 Å². The summed E-state index contributed by atoms with van der Waals surface area (Å²) in [5.41, 5.74) is -3.20. The third kappa shape index (κ3) is 6.12. The Morgan fingerprint density at radius 3 is 2.08 bits per heavy atom. The van der Waals surface area contributed by atoms with E-state index in [4.69, 9.17) is 21.1 Å². The van der Waals surface area contributed by atoms with Crippen molar-refractivity contribution >= 4 is 23.4 Å². The number of halogens is 6. The maximum atomic E-state index is 13.5. The highest BCUT2D eigenvalue weighted by Gasteiger charge is 2.55. The minimum atomic E-state index is -4.92. The van der Waals surface area contributed by atoms with Gasteiger partial charge in [0.25, 0.3) is 11.8 Å². The van der Waals surface area contributed by atoms with Crippen molar-refractivity contribution in [3.63, 3.8) is 0 Å². The molecule has 2 amide bonds. The zero-order valence-electron chi connectivity index (χ0n) is 19.8. The summed E-state index contributed by atoms with van der Waals surface area (Å²) in [4.78, 5) is 25.0. The molecule has 7 nitrogen and oxygen atoms in total. The maximum absolute atomic E-state index is 13.5. The Kier molecular flexibility index (Phi) is 7.76. The summed E-state index contributed by atoms with van der Waals surface area (Å²) in [5.74, 6) is -3.46. The van der Waals surface area contributed by atoms with Crippen LogP contribution in [-0.4, -0.2) is 47.3 Å². The molecule has 0 aliphatic heterocycles. The second-order valence-electron chi connectivity index (χ2n) is 9.55. The number of rotatable bonds is 8. The summed E-state index contributed by atoms with van der Waals surface area (Å²) >= 11 is 5.62. The van der Waals surface area contributed by atoms with Crippen LogP contribution >= 0.6 is 11.6 Å². The van der Waals surface area contributed by atoms with Crippen LogP contribution in [0.2, 0.25) is 5.02 Å². The molecule has 0 heterocycles. The first-order valence-electron chi connectivity index (χ1n) is 11.7. The molecule has 3 aliphatic carbocycles. The van der Waals surface area contributed by atoms with E-state index in [1.165, 1.54) is 12.1 Å². The molecule has 206 valence electrons. The van der Waals surface area contributed by atoms with Gasteiger partial charge in [0.2, 0.25) is 0 Å². The Labute approximate surface area is 219 Å². The molecule has 0 aromatic heterocycles. The summed E-state index contributed by atoms with van der Waals surface area (Å²) in [6.07, 6.45) is -4.22. The van der Waals surface area contributed by atoms with E-state index in [1.54, 1.807) is 0 Å². The van der Waals surface area contributed by atoms with Crippen LogP contribution in [-0.2, 0) is 15.8 Å². The number of carbonyl (C=O) groups is 2. The van der Waals surface area contributed by atoms with Gasteiger partial charge in [0.15, 0.2) is 13.2 Å². The minimum absolute atomic E-state index is 0.0766. The zero-order valence-corrected chi connectivity index (χ0v) is 20.6. The molecule has 0 spiro atoms. The summed E-state index contributed by atoms with van der Waals surface area (Å²) < 4.78 is 76.1. The Hall–Kier alpha value is -3.12. The van der Waals surface area contributed by atoms with E-state index in [1.807, 2.05) is 0 Å². The van der Waals surface area contributed by atoms with Crippen LogP contribution in [0.25, 0.3) is 0 Å². The van der Waals surface area contributed by atoms with Gasteiger partial charge in [-0.1, -0.05) is 11.6 Å². The molecule has 3 N–H and O–H groups in total. The predicted octanol–water partition coefficient (Wildman–Crippen LogP) is 4.14. The average molecular weight is 563 g/mol.